The highest BCUT2D eigenvalue weighted by molar-refractivity contribution is 7.15. The number of nitrogens with one attached hydrogen (secondary N) is 1. The van der Waals surface area contributed by atoms with Crippen molar-refractivity contribution in [3.05, 3.63) is 34.2 Å². The van der Waals surface area contributed by atoms with Gasteiger partial charge in [-0.05, 0) is 32.4 Å². The topological polar surface area (TPSA) is 47.2 Å². The molecule has 0 saturated carbocycles. The Bertz CT molecular complexity index is 765. The molecule has 0 radical (unpaired) electrons. The summed E-state index contributed by atoms with van der Waals surface area (Å²) in [6.07, 6.45) is 3.08. The van der Waals surface area contributed by atoms with Crippen molar-refractivity contribution in [2.45, 2.75) is 40.7 Å². The number of thiazole rings is 1. The summed E-state index contributed by atoms with van der Waals surface area (Å²) < 4.78 is 4.16. The van der Waals surface area contributed by atoms with Crippen LogP contribution in [0, 0.1) is 13.8 Å². The minimum Gasteiger partial charge on any atom is -0.311 e. The van der Waals surface area contributed by atoms with Gasteiger partial charge in [-0.3, -0.25) is 4.40 Å². The molecule has 0 fully saturated rings. The Balaban J connectivity index is 2.17. The average Bonchev–Trinajstić information content (AvgIpc) is 3.10. The van der Waals surface area contributed by atoms with E-state index in [1.54, 1.807) is 11.3 Å². The molecule has 0 bridgehead atoms. The van der Waals surface area contributed by atoms with Gasteiger partial charge in [0.15, 0.2) is 10.8 Å². The van der Waals surface area contributed by atoms with Crippen LogP contribution in [0.3, 0.4) is 0 Å². The zero-order valence-electron chi connectivity index (χ0n) is 13.0. The Morgan fingerprint density at radius 1 is 1.29 bits per heavy atom. The van der Waals surface area contributed by atoms with E-state index in [2.05, 4.69) is 49.0 Å². The summed E-state index contributed by atoms with van der Waals surface area (Å²) in [5, 5.41) is 10.2. The van der Waals surface area contributed by atoms with Gasteiger partial charge in [0.2, 0.25) is 0 Å². The lowest BCUT2D eigenvalue weighted by Crippen LogP contribution is -2.16. The smallest absolute Gasteiger partial charge is 0.196 e. The lowest BCUT2D eigenvalue weighted by atomic mass is 10.1. The lowest BCUT2D eigenvalue weighted by Gasteiger charge is -2.07. The molecule has 0 aliphatic carbocycles. The molecule has 0 unspecified atom stereocenters. The van der Waals surface area contributed by atoms with E-state index in [0.717, 1.165) is 36.0 Å². The molecular weight excluding hydrogens is 282 g/mol. The Labute approximate surface area is 128 Å². The average molecular weight is 303 g/mol. The Morgan fingerprint density at radius 3 is 2.76 bits per heavy atom. The molecule has 0 atom stereocenters. The van der Waals surface area contributed by atoms with Gasteiger partial charge in [-0.15, -0.1) is 11.3 Å². The molecule has 21 heavy (non-hydrogen) atoms. The number of hydrogen-bond donors (Lipinski definition) is 1. The molecule has 3 heterocycles. The summed E-state index contributed by atoms with van der Waals surface area (Å²) >= 11 is 1.66. The number of rotatable bonds is 5. The van der Waals surface area contributed by atoms with Crippen molar-refractivity contribution < 1.29 is 0 Å². The van der Waals surface area contributed by atoms with E-state index >= 15 is 0 Å². The van der Waals surface area contributed by atoms with Crippen molar-refractivity contribution in [2.75, 3.05) is 6.54 Å². The van der Waals surface area contributed by atoms with Gasteiger partial charge in [0.1, 0.15) is 0 Å². The van der Waals surface area contributed by atoms with Crippen LogP contribution in [0.25, 0.3) is 10.8 Å². The standard InChI is InChI=1S/C15H21N5S/c1-5-12-10(3)18-20(11(12)4)14-13(9-16-6-2)19-7-8-21-15(19)17-14/h7-8,16H,5-6,9H2,1-4H3. The van der Waals surface area contributed by atoms with Crippen molar-refractivity contribution >= 4 is 16.3 Å². The van der Waals surface area contributed by atoms with Gasteiger partial charge in [0, 0.05) is 23.8 Å². The molecule has 0 aromatic carbocycles. The van der Waals surface area contributed by atoms with Crippen LogP contribution in [0.5, 0.6) is 0 Å². The molecule has 0 saturated heterocycles. The second kappa shape index (κ2) is 5.61. The van der Waals surface area contributed by atoms with E-state index in [1.807, 2.05) is 4.68 Å². The van der Waals surface area contributed by atoms with Crippen LogP contribution in [0.2, 0.25) is 0 Å². The van der Waals surface area contributed by atoms with E-state index in [4.69, 9.17) is 10.1 Å². The van der Waals surface area contributed by atoms with Gasteiger partial charge in [-0.1, -0.05) is 13.8 Å². The van der Waals surface area contributed by atoms with Gasteiger partial charge in [0.25, 0.3) is 0 Å². The second-order valence-electron chi connectivity index (χ2n) is 5.13. The maximum Gasteiger partial charge on any atom is 0.196 e. The van der Waals surface area contributed by atoms with Gasteiger partial charge in [0.05, 0.1) is 11.4 Å². The fourth-order valence-electron chi connectivity index (χ4n) is 2.79. The van der Waals surface area contributed by atoms with Crippen molar-refractivity contribution in [3.63, 3.8) is 0 Å². The van der Waals surface area contributed by atoms with Gasteiger partial charge >= 0.3 is 0 Å². The fourth-order valence-corrected chi connectivity index (χ4v) is 3.52. The number of aromatic nitrogens is 4. The molecule has 0 aliphatic heterocycles. The van der Waals surface area contributed by atoms with Crippen LogP contribution >= 0.6 is 11.3 Å². The van der Waals surface area contributed by atoms with Crippen LogP contribution in [0.4, 0.5) is 0 Å². The Hall–Kier alpha value is -1.66. The number of imidazole rings is 1. The van der Waals surface area contributed by atoms with Crippen LogP contribution in [0.15, 0.2) is 11.6 Å². The van der Waals surface area contributed by atoms with Crippen molar-refractivity contribution in [3.8, 4) is 5.82 Å². The molecule has 0 aliphatic rings. The van der Waals surface area contributed by atoms with Crippen LogP contribution in [-0.4, -0.2) is 25.7 Å². The van der Waals surface area contributed by atoms with Crippen LogP contribution < -0.4 is 5.32 Å². The third kappa shape index (κ3) is 2.28. The second-order valence-corrected chi connectivity index (χ2v) is 6.01. The van der Waals surface area contributed by atoms with E-state index < -0.39 is 0 Å². The minimum atomic E-state index is 0.795. The molecule has 112 valence electrons. The summed E-state index contributed by atoms with van der Waals surface area (Å²) in [7, 11) is 0. The number of nitrogens with zero attached hydrogens (tertiary/aromatic N) is 4. The first-order chi connectivity index (χ1) is 10.2. The summed E-state index contributed by atoms with van der Waals surface area (Å²) in [4.78, 5) is 5.80. The zero-order valence-corrected chi connectivity index (χ0v) is 13.8. The number of aryl methyl sites for hydroxylation is 1. The summed E-state index contributed by atoms with van der Waals surface area (Å²) in [5.41, 5.74) is 4.78. The monoisotopic (exact) mass is 303 g/mol. The summed E-state index contributed by atoms with van der Waals surface area (Å²) in [5.74, 6) is 0.947. The SMILES string of the molecule is CCNCc1c(-n2nc(C)c(CC)c2C)nc2sccn12. The maximum absolute atomic E-state index is 4.79. The quantitative estimate of drug-likeness (QED) is 0.788. The molecular formula is C15H21N5S. The molecule has 5 nitrogen and oxygen atoms in total. The molecule has 0 amide bonds. The first kappa shape index (κ1) is 14.3. The number of fused-ring (bicyclic) bond motifs is 1. The predicted molar refractivity (Wildman–Crippen MR) is 86.4 cm³/mol. The first-order valence-electron chi connectivity index (χ1n) is 7.38. The van der Waals surface area contributed by atoms with E-state index in [-0.39, 0.29) is 0 Å². The highest BCUT2D eigenvalue weighted by Gasteiger charge is 2.19. The van der Waals surface area contributed by atoms with Crippen LogP contribution in [-0.2, 0) is 13.0 Å². The van der Waals surface area contributed by atoms with Crippen molar-refractivity contribution in [2.24, 2.45) is 0 Å². The van der Waals surface area contributed by atoms with Gasteiger partial charge < -0.3 is 5.32 Å². The van der Waals surface area contributed by atoms with E-state index in [0.29, 0.717) is 0 Å². The highest BCUT2D eigenvalue weighted by Crippen LogP contribution is 2.24. The fraction of sp³-hybridized carbons (Fsp3) is 0.467. The van der Waals surface area contributed by atoms with Gasteiger partial charge in [-0.25, -0.2) is 4.68 Å². The predicted octanol–water partition coefficient (Wildman–Crippen LogP) is 2.87. The maximum atomic E-state index is 4.79. The Kier molecular flexibility index (Phi) is 3.82. The molecule has 0 spiro atoms. The Morgan fingerprint density at radius 2 is 2.10 bits per heavy atom. The van der Waals surface area contributed by atoms with Crippen molar-refractivity contribution in [1.29, 1.82) is 0 Å². The third-order valence-electron chi connectivity index (χ3n) is 3.88. The number of hydrogen-bond acceptors (Lipinski definition) is 4. The van der Waals surface area contributed by atoms with Gasteiger partial charge in [-0.2, -0.15) is 10.1 Å². The minimum absolute atomic E-state index is 0.795. The largest absolute Gasteiger partial charge is 0.311 e. The molecule has 3 rings (SSSR count). The normalized spacial score (nSPS) is 11.6. The summed E-state index contributed by atoms with van der Waals surface area (Å²) in [6, 6.07) is 0. The van der Waals surface area contributed by atoms with E-state index in [1.165, 1.54) is 17.0 Å². The highest BCUT2D eigenvalue weighted by atomic mass is 32.1. The summed E-state index contributed by atoms with van der Waals surface area (Å²) in [6.45, 7) is 10.2. The zero-order chi connectivity index (χ0) is 15.0. The lowest BCUT2D eigenvalue weighted by molar-refractivity contribution is 0.691. The molecule has 1 N–H and O–H groups in total. The van der Waals surface area contributed by atoms with E-state index in [9.17, 15) is 0 Å². The molecule has 3 aromatic rings. The van der Waals surface area contributed by atoms with Crippen LogP contribution in [0.1, 0.15) is 36.5 Å². The first-order valence-corrected chi connectivity index (χ1v) is 8.25. The van der Waals surface area contributed by atoms with Crippen molar-refractivity contribution in [1.82, 2.24) is 24.5 Å². The molecule has 6 heteroatoms. The molecule has 3 aromatic heterocycles. The third-order valence-corrected chi connectivity index (χ3v) is 4.63.